The lowest BCUT2D eigenvalue weighted by Gasteiger charge is -2.50. The van der Waals surface area contributed by atoms with Gasteiger partial charge in [0.25, 0.3) is 0 Å². The van der Waals surface area contributed by atoms with Gasteiger partial charge in [-0.15, -0.1) is 10.3 Å². The molecule has 0 aromatic carbocycles. The molecule has 1 radical (unpaired) electrons. The van der Waals surface area contributed by atoms with E-state index in [1.54, 1.807) is 0 Å². The Bertz CT molecular complexity index is 314. The van der Waals surface area contributed by atoms with Crippen molar-refractivity contribution in [2.45, 2.75) is 83.3 Å². The molecule has 1 aliphatic heterocycles. The van der Waals surface area contributed by atoms with Crippen LogP contribution < -0.4 is 5.32 Å². The number of nitrogens with one attached hydrogen (secondary N) is 1. The van der Waals surface area contributed by atoms with Crippen LogP contribution in [0.25, 0.3) is 0 Å². The van der Waals surface area contributed by atoms with E-state index in [1.165, 1.54) is 17.6 Å². The van der Waals surface area contributed by atoms with E-state index >= 15 is 0 Å². The van der Waals surface area contributed by atoms with E-state index in [0.29, 0.717) is 6.42 Å². The van der Waals surface area contributed by atoms with Crippen molar-refractivity contribution in [3.05, 3.63) is 0 Å². The minimum atomic E-state index is -0.414. The monoisotopic (exact) mass is 302 g/mol. The number of hydroxylamine groups is 2. The topological polar surface area (TPSA) is 52.2 Å². The highest BCUT2D eigenvalue weighted by Gasteiger charge is 2.46. The summed E-state index contributed by atoms with van der Waals surface area (Å²) in [7, 11) is 1.99. The molecule has 1 unspecified atom stereocenters. The van der Waals surface area contributed by atoms with Crippen molar-refractivity contribution >= 4 is 15.1 Å². The van der Waals surface area contributed by atoms with Crippen molar-refractivity contribution in [2.75, 3.05) is 6.16 Å². The number of carbonyl (C=O) groups is 1. The summed E-state index contributed by atoms with van der Waals surface area (Å²) in [6.45, 7) is 7.84. The summed E-state index contributed by atoms with van der Waals surface area (Å²) in [6.07, 6.45) is 6.58. The Morgan fingerprint density at radius 2 is 1.70 bits per heavy atom. The van der Waals surface area contributed by atoms with E-state index in [2.05, 4.69) is 5.32 Å². The van der Waals surface area contributed by atoms with Gasteiger partial charge in [-0.1, -0.05) is 0 Å². The number of hydrogen-bond donors (Lipinski definition) is 1. The summed E-state index contributed by atoms with van der Waals surface area (Å²) in [5.41, 5.74) is -0.828. The SMILES string of the molecule is CC1(C)CC(NC(=O)CCCCC[PH3+])CC(C)(C)N1[O]. The van der Waals surface area contributed by atoms with Crippen LogP contribution in [0.3, 0.4) is 0 Å². The zero-order valence-electron chi connectivity index (χ0n) is 13.5. The van der Waals surface area contributed by atoms with E-state index in [-0.39, 0.29) is 11.9 Å². The second kappa shape index (κ2) is 7.20. The zero-order valence-corrected chi connectivity index (χ0v) is 14.9. The van der Waals surface area contributed by atoms with Crippen molar-refractivity contribution in [2.24, 2.45) is 0 Å². The number of nitrogens with zero attached hydrogens (tertiary/aromatic N) is 1. The minimum absolute atomic E-state index is 0.116. The average molecular weight is 302 g/mol. The third-order valence-corrected chi connectivity index (χ3v) is 4.61. The van der Waals surface area contributed by atoms with Gasteiger partial charge in [-0.2, -0.15) is 0 Å². The highest BCUT2D eigenvalue weighted by Crippen LogP contribution is 2.36. The lowest BCUT2D eigenvalue weighted by atomic mass is 9.79. The van der Waals surface area contributed by atoms with Crippen LogP contribution >= 0.6 is 9.24 Å². The van der Waals surface area contributed by atoms with Gasteiger partial charge in [0.2, 0.25) is 5.91 Å². The Morgan fingerprint density at radius 1 is 1.15 bits per heavy atom. The fourth-order valence-electron chi connectivity index (χ4n) is 3.30. The van der Waals surface area contributed by atoms with Crippen LogP contribution in [-0.2, 0) is 10.0 Å². The van der Waals surface area contributed by atoms with E-state index in [0.717, 1.165) is 25.7 Å². The Hall–Kier alpha value is -0.180. The number of rotatable bonds is 6. The Kier molecular flexibility index (Phi) is 6.43. The Labute approximate surface area is 125 Å². The lowest BCUT2D eigenvalue weighted by molar-refractivity contribution is -0.290. The molecule has 1 saturated heterocycles. The summed E-state index contributed by atoms with van der Waals surface area (Å²) in [5.74, 6) is 0.138. The number of hydrogen-bond acceptors (Lipinski definition) is 2. The fourth-order valence-corrected chi connectivity index (χ4v) is 3.66. The van der Waals surface area contributed by atoms with Gasteiger partial charge >= 0.3 is 0 Å². The standard InChI is InChI=1S/C15H30N2O2P/c1-14(2)10-12(11-15(3,4)17(14)19)16-13(18)8-6-5-7-9-20/h12H,5-11,20H2,1-4H3,(H,16,18)/p+1. The van der Waals surface area contributed by atoms with Crippen LogP contribution in [0, 0.1) is 0 Å². The molecule has 117 valence electrons. The van der Waals surface area contributed by atoms with Crippen LogP contribution in [0.2, 0.25) is 0 Å². The van der Waals surface area contributed by atoms with Crippen LogP contribution in [0.1, 0.15) is 66.2 Å². The van der Waals surface area contributed by atoms with Crippen LogP contribution in [-0.4, -0.2) is 34.3 Å². The number of carbonyl (C=O) groups excluding carboxylic acids is 1. The first-order chi connectivity index (χ1) is 9.19. The minimum Gasteiger partial charge on any atom is -0.353 e. The molecule has 1 fully saturated rings. The first kappa shape index (κ1) is 17.9. The number of amides is 1. The highest BCUT2D eigenvalue weighted by atomic mass is 31.0. The summed E-state index contributed by atoms with van der Waals surface area (Å²) in [5, 5.41) is 16.6. The number of piperidine rings is 1. The maximum atomic E-state index is 12.2. The molecule has 1 rings (SSSR count). The second-order valence-electron chi connectivity index (χ2n) is 7.26. The van der Waals surface area contributed by atoms with Crippen molar-refractivity contribution in [3.8, 4) is 0 Å². The van der Waals surface area contributed by atoms with Gasteiger partial charge < -0.3 is 5.32 Å². The molecule has 0 aliphatic carbocycles. The second-order valence-corrected chi connectivity index (χ2v) is 7.96. The summed E-state index contributed by atoms with van der Waals surface area (Å²) >= 11 is 0. The van der Waals surface area contributed by atoms with Gasteiger partial charge in [0.1, 0.15) is 0 Å². The molecule has 0 saturated carbocycles. The maximum absolute atomic E-state index is 12.2. The van der Waals surface area contributed by atoms with Crippen molar-refractivity contribution in [1.29, 1.82) is 0 Å². The molecule has 0 spiro atoms. The van der Waals surface area contributed by atoms with Crippen molar-refractivity contribution in [1.82, 2.24) is 10.4 Å². The normalized spacial score (nSPS) is 22.9. The van der Waals surface area contributed by atoms with Gasteiger partial charge in [0, 0.05) is 23.5 Å². The highest BCUT2D eigenvalue weighted by molar-refractivity contribution is 7.16. The predicted octanol–water partition coefficient (Wildman–Crippen LogP) is 2.64. The quantitative estimate of drug-likeness (QED) is 0.606. The molecular weight excluding hydrogens is 271 g/mol. The first-order valence-electron chi connectivity index (χ1n) is 7.75. The summed E-state index contributed by atoms with van der Waals surface area (Å²) in [4.78, 5) is 12.0. The molecule has 4 nitrogen and oxygen atoms in total. The van der Waals surface area contributed by atoms with E-state index in [1.807, 2.05) is 36.9 Å². The largest absolute Gasteiger partial charge is 0.353 e. The summed E-state index contributed by atoms with van der Waals surface area (Å²) in [6, 6.07) is 0.116. The molecule has 1 N–H and O–H groups in total. The number of unbranched alkanes of at least 4 members (excludes halogenated alkanes) is 2. The molecule has 1 atom stereocenters. The zero-order chi connectivity index (χ0) is 15.4. The van der Waals surface area contributed by atoms with Gasteiger partial charge in [-0.25, -0.2) is 0 Å². The molecule has 1 amide bonds. The van der Waals surface area contributed by atoms with Gasteiger partial charge in [0.05, 0.1) is 6.16 Å². The lowest BCUT2D eigenvalue weighted by Crippen LogP contribution is -2.62. The van der Waals surface area contributed by atoms with Gasteiger partial charge in [0.15, 0.2) is 0 Å². The third-order valence-electron chi connectivity index (χ3n) is 4.11. The van der Waals surface area contributed by atoms with Gasteiger partial charge in [-0.05, 0) is 69.0 Å². The molecule has 1 heterocycles. The Balaban J connectivity index is 2.46. The van der Waals surface area contributed by atoms with Gasteiger partial charge in [-0.3, -0.25) is 4.79 Å². The smallest absolute Gasteiger partial charge is 0.220 e. The molecule has 5 heteroatoms. The third kappa shape index (κ3) is 4.98. The predicted molar refractivity (Wildman–Crippen MR) is 86.3 cm³/mol. The van der Waals surface area contributed by atoms with Crippen LogP contribution in [0.5, 0.6) is 0 Å². The molecular formula is C15H31N2O2P+. The first-order valence-corrected chi connectivity index (χ1v) is 8.75. The Morgan fingerprint density at radius 3 is 2.20 bits per heavy atom. The average Bonchev–Trinajstić information content (AvgIpc) is 2.31. The molecule has 20 heavy (non-hydrogen) atoms. The molecule has 1 aliphatic rings. The molecule has 0 aromatic rings. The maximum Gasteiger partial charge on any atom is 0.220 e. The summed E-state index contributed by atoms with van der Waals surface area (Å²) < 4.78 is 0. The van der Waals surface area contributed by atoms with E-state index in [9.17, 15) is 10.0 Å². The van der Waals surface area contributed by atoms with Crippen molar-refractivity contribution < 1.29 is 10.0 Å². The van der Waals surface area contributed by atoms with E-state index in [4.69, 9.17) is 0 Å². The molecule has 0 aromatic heterocycles. The van der Waals surface area contributed by atoms with Crippen LogP contribution in [0.15, 0.2) is 0 Å². The fraction of sp³-hybridized carbons (Fsp3) is 0.933. The van der Waals surface area contributed by atoms with Crippen molar-refractivity contribution in [3.63, 3.8) is 0 Å². The molecule has 0 bridgehead atoms. The van der Waals surface area contributed by atoms with Crippen LogP contribution in [0.4, 0.5) is 0 Å². The van der Waals surface area contributed by atoms with E-state index < -0.39 is 11.1 Å².